The number of benzene rings is 2. The summed E-state index contributed by atoms with van der Waals surface area (Å²) in [5.41, 5.74) is 1.14. The molecule has 5 heteroatoms. The summed E-state index contributed by atoms with van der Waals surface area (Å²) in [6, 6.07) is 12.4. The summed E-state index contributed by atoms with van der Waals surface area (Å²) in [5, 5.41) is 9.47. The summed E-state index contributed by atoms with van der Waals surface area (Å²) in [7, 11) is 0. The van der Waals surface area contributed by atoms with Crippen molar-refractivity contribution < 1.29 is 19.4 Å². The quantitative estimate of drug-likeness (QED) is 0.938. The largest absolute Gasteiger partial charge is 0.493 e. The van der Waals surface area contributed by atoms with E-state index in [0.717, 1.165) is 11.3 Å². The second-order valence-electron chi connectivity index (χ2n) is 4.78. The normalized spacial score (nSPS) is 16.1. The van der Waals surface area contributed by atoms with Crippen molar-refractivity contribution in [3.8, 4) is 11.5 Å². The Balaban J connectivity index is 1.79. The van der Waals surface area contributed by atoms with E-state index < -0.39 is 5.97 Å². The number of carbonyl (C=O) groups is 1. The predicted molar refractivity (Wildman–Crippen MR) is 78.6 cm³/mol. The molecule has 1 N–H and O–H groups in total. The fourth-order valence-electron chi connectivity index (χ4n) is 2.38. The van der Waals surface area contributed by atoms with Gasteiger partial charge in [-0.15, -0.1) is 0 Å². The van der Waals surface area contributed by atoms with Gasteiger partial charge in [-0.05, 0) is 18.2 Å². The topological polar surface area (TPSA) is 55.8 Å². The van der Waals surface area contributed by atoms with E-state index in [4.69, 9.17) is 21.1 Å². The van der Waals surface area contributed by atoms with E-state index in [1.165, 1.54) is 6.07 Å². The van der Waals surface area contributed by atoms with E-state index in [1.807, 2.05) is 24.3 Å². The maximum absolute atomic E-state index is 11.2. The Bertz CT molecular complexity index is 684. The first-order valence-electron chi connectivity index (χ1n) is 6.53. The maximum atomic E-state index is 11.2. The molecule has 0 saturated heterocycles. The Morgan fingerprint density at radius 3 is 2.90 bits per heavy atom. The number of hydrogen-bond acceptors (Lipinski definition) is 3. The molecule has 1 heterocycles. The van der Waals surface area contributed by atoms with Crippen LogP contribution >= 0.6 is 11.6 Å². The fourth-order valence-corrected chi connectivity index (χ4v) is 2.60. The van der Waals surface area contributed by atoms with Crippen LogP contribution in [0, 0.1) is 0 Å². The van der Waals surface area contributed by atoms with Crippen LogP contribution in [0.1, 0.15) is 21.8 Å². The van der Waals surface area contributed by atoms with Gasteiger partial charge in [0.05, 0.1) is 24.2 Å². The molecule has 0 saturated carbocycles. The molecule has 0 fully saturated rings. The molecular formula is C16H13ClO4. The fraction of sp³-hybridized carbons (Fsp3) is 0.188. The lowest BCUT2D eigenvalue weighted by Crippen LogP contribution is -2.13. The zero-order chi connectivity index (χ0) is 14.8. The molecule has 1 unspecified atom stereocenters. The van der Waals surface area contributed by atoms with E-state index >= 15 is 0 Å². The van der Waals surface area contributed by atoms with Gasteiger partial charge in [-0.1, -0.05) is 35.9 Å². The average molecular weight is 305 g/mol. The SMILES string of the molecule is O=C(O)c1cccc(Cl)c1OCC1COc2ccccc21. The third-order valence-corrected chi connectivity index (χ3v) is 3.72. The molecule has 0 aromatic heterocycles. The molecule has 108 valence electrons. The van der Waals surface area contributed by atoms with Gasteiger partial charge in [0.25, 0.3) is 0 Å². The van der Waals surface area contributed by atoms with Gasteiger partial charge in [-0.3, -0.25) is 0 Å². The van der Waals surface area contributed by atoms with Gasteiger partial charge in [0.15, 0.2) is 5.75 Å². The van der Waals surface area contributed by atoms with Crippen LogP contribution < -0.4 is 9.47 Å². The molecule has 4 nitrogen and oxygen atoms in total. The van der Waals surface area contributed by atoms with Crippen molar-refractivity contribution in [1.82, 2.24) is 0 Å². The second kappa shape index (κ2) is 5.66. The Morgan fingerprint density at radius 2 is 2.10 bits per heavy atom. The van der Waals surface area contributed by atoms with E-state index in [9.17, 15) is 9.90 Å². The van der Waals surface area contributed by atoms with Gasteiger partial charge in [-0.25, -0.2) is 4.79 Å². The number of aromatic carboxylic acids is 1. The molecule has 0 radical (unpaired) electrons. The molecule has 21 heavy (non-hydrogen) atoms. The number of carboxylic acids is 1. The molecule has 3 rings (SSSR count). The smallest absolute Gasteiger partial charge is 0.339 e. The summed E-state index contributed by atoms with van der Waals surface area (Å²) in [5.74, 6) is 0.0643. The van der Waals surface area contributed by atoms with Gasteiger partial charge >= 0.3 is 5.97 Å². The third kappa shape index (κ3) is 2.67. The number of fused-ring (bicyclic) bond motifs is 1. The Hall–Kier alpha value is -2.20. The first kappa shape index (κ1) is 13.8. The van der Waals surface area contributed by atoms with Crippen LogP contribution in [-0.4, -0.2) is 24.3 Å². The van der Waals surface area contributed by atoms with Crippen molar-refractivity contribution in [2.75, 3.05) is 13.2 Å². The minimum Gasteiger partial charge on any atom is -0.493 e. The zero-order valence-electron chi connectivity index (χ0n) is 11.1. The molecule has 0 spiro atoms. The molecular weight excluding hydrogens is 292 g/mol. The monoisotopic (exact) mass is 304 g/mol. The summed E-state index contributed by atoms with van der Waals surface area (Å²) >= 11 is 6.04. The van der Waals surface area contributed by atoms with Crippen molar-refractivity contribution in [3.63, 3.8) is 0 Å². The maximum Gasteiger partial charge on any atom is 0.339 e. The Morgan fingerprint density at radius 1 is 1.29 bits per heavy atom. The summed E-state index contributed by atoms with van der Waals surface area (Å²) in [6.45, 7) is 0.841. The van der Waals surface area contributed by atoms with Gasteiger partial charge in [0, 0.05) is 5.56 Å². The van der Waals surface area contributed by atoms with Crippen molar-refractivity contribution >= 4 is 17.6 Å². The Kier molecular flexibility index (Phi) is 3.71. The average Bonchev–Trinajstić information content (AvgIpc) is 2.89. The standard InChI is InChI=1S/C16H13ClO4/c17-13-6-3-5-12(16(18)19)15(13)21-9-10-8-20-14-7-2-1-4-11(10)14/h1-7,10H,8-9H2,(H,18,19). The first-order chi connectivity index (χ1) is 10.2. The van der Waals surface area contributed by atoms with Crippen LogP contribution in [0.25, 0.3) is 0 Å². The van der Waals surface area contributed by atoms with Gasteiger partial charge in [-0.2, -0.15) is 0 Å². The molecule has 1 aliphatic heterocycles. The number of rotatable bonds is 4. The predicted octanol–water partition coefficient (Wildman–Crippen LogP) is 3.59. The molecule has 0 aliphatic carbocycles. The minimum atomic E-state index is -1.06. The highest BCUT2D eigenvalue weighted by Crippen LogP contribution is 2.35. The number of hydrogen-bond donors (Lipinski definition) is 1. The van der Waals surface area contributed by atoms with E-state index in [0.29, 0.717) is 18.2 Å². The number of carboxylic acid groups (broad SMARTS) is 1. The van der Waals surface area contributed by atoms with Gasteiger partial charge in [0.2, 0.25) is 0 Å². The highest BCUT2D eigenvalue weighted by molar-refractivity contribution is 6.32. The molecule has 2 aromatic carbocycles. The Labute approximate surface area is 126 Å². The van der Waals surface area contributed by atoms with E-state index in [-0.39, 0.29) is 17.2 Å². The van der Waals surface area contributed by atoms with Crippen LogP contribution in [0.3, 0.4) is 0 Å². The van der Waals surface area contributed by atoms with Crippen LogP contribution in [0.2, 0.25) is 5.02 Å². The summed E-state index contributed by atoms with van der Waals surface area (Å²) in [6.07, 6.45) is 0. The molecule has 1 atom stereocenters. The van der Waals surface area contributed by atoms with Crippen LogP contribution in [0.15, 0.2) is 42.5 Å². The van der Waals surface area contributed by atoms with Crippen molar-refractivity contribution in [3.05, 3.63) is 58.6 Å². The third-order valence-electron chi connectivity index (χ3n) is 3.43. The minimum absolute atomic E-state index is 0.0645. The van der Waals surface area contributed by atoms with Gasteiger partial charge < -0.3 is 14.6 Å². The lowest BCUT2D eigenvalue weighted by atomic mass is 10.0. The second-order valence-corrected chi connectivity index (χ2v) is 5.19. The van der Waals surface area contributed by atoms with Crippen molar-refractivity contribution in [1.29, 1.82) is 0 Å². The van der Waals surface area contributed by atoms with Crippen molar-refractivity contribution in [2.45, 2.75) is 5.92 Å². The lowest BCUT2D eigenvalue weighted by Gasteiger charge is -2.14. The molecule has 2 aromatic rings. The van der Waals surface area contributed by atoms with E-state index in [2.05, 4.69) is 0 Å². The highest BCUT2D eigenvalue weighted by atomic mass is 35.5. The highest BCUT2D eigenvalue weighted by Gasteiger charge is 2.25. The number of para-hydroxylation sites is 2. The summed E-state index contributed by atoms with van der Waals surface area (Å²) in [4.78, 5) is 11.2. The van der Waals surface area contributed by atoms with Crippen LogP contribution in [0.4, 0.5) is 0 Å². The van der Waals surface area contributed by atoms with E-state index in [1.54, 1.807) is 12.1 Å². The lowest BCUT2D eigenvalue weighted by molar-refractivity contribution is 0.0692. The number of ether oxygens (including phenoxy) is 2. The molecule has 1 aliphatic rings. The summed E-state index contributed by atoms with van der Waals surface area (Å²) < 4.78 is 11.3. The first-order valence-corrected chi connectivity index (χ1v) is 6.91. The molecule has 0 amide bonds. The number of halogens is 1. The van der Waals surface area contributed by atoms with Crippen LogP contribution in [0.5, 0.6) is 11.5 Å². The van der Waals surface area contributed by atoms with Crippen LogP contribution in [-0.2, 0) is 0 Å². The van der Waals surface area contributed by atoms with Gasteiger partial charge in [0.1, 0.15) is 11.3 Å². The van der Waals surface area contributed by atoms with Crippen molar-refractivity contribution in [2.24, 2.45) is 0 Å². The molecule has 0 bridgehead atoms. The zero-order valence-corrected chi connectivity index (χ0v) is 11.8.